The molecule has 2 heterocycles. The highest BCUT2D eigenvalue weighted by Gasteiger charge is 2.33. The first-order valence-electron chi connectivity index (χ1n) is 10.8. The number of methoxy groups -OCH3 is 1. The fraction of sp³-hybridized carbons (Fsp3) is 0.375. The lowest BCUT2D eigenvalue weighted by molar-refractivity contribution is -0.117. The zero-order chi connectivity index (χ0) is 22.7. The van der Waals surface area contributed by atoms with E-state index in [-0.39, 0.29) is 23.8 Å². The number of piperazine rings is 1. The van der Waals surface area contributed by atoms with Crippen LogP contribution in [0.1, 0.15) is 23.7 Å². The van der Waals surface area contributed by atoms with E-state index in [4.69, 9.17) is 4.74 Å². The molecule has 0 aliphatic carbocycles. The van der Waals surface area contributed by atoms with Crippen molar-refractivity contribution in [2.24, 2.45) is 0 Å². The van der Waals surface area contributed by atoms with Crippen LogP contribution in [0.2, 0.25) is 0 Å². The van der Waals surface area contributed by atoms with Gasteiger partial charge in [-0.15, -0.1) is 0 Å². The third-order valence-corrected chi connectivity index (χ3v) is 6.04. The minimum atomic E-state index is -0.214. The first-order chi connectivity index (χ1) is 15.4. The number of anilines is 2. The van der Waals surface area contributed by atoms with Crippen LogP contribution in [0.5, 0.6) is 5.75 Å². The van der Waals surface area contributed by atoms with Gasteiger partial charge in [-0.3, -0.25) is 9.59 Å². The zero-order valence-corrected chi connectivity index (χ0v) is 18.4. The maximum absolute atomic E-state index is 12.8. The summed E-state index contributed by atoms with van der Waals surface area (Å²) in [5.41, 5.74) is 2.55. The molecular weight excluding hydrogens is 408 g/mol. The number of nitrogens with zero attached hydrogens (tertiary/aromatic N) is 3. The van der Waals surface area contributed by atoms with Crippen molar-refractivity contribution in [1.29, 1.82) is 0 Å². The van der Waals surface area contributed by atoms with Gasteiger partial charge in [-0.1, -0.05) is 0 Å². The summed E-state index contributed by atoms with van der Waals surface area (Å²) >= 11 is 0. The first-order valence-corrected chi connectivity index (χ1v) is 10.8. The van der Waals surface area contributed by atoms with Crippen LogP contribution in [0.15, 0.2) is 48.5 Å². The molecule has 32 heavy (non-hydrogen) atoms. The Hall–Kier alpha value is -3.55. The smallest absolute Gasteiger partial charge is 0.317 e. The summed E-state index contributed by atoms with van der Waals surface area (Å²) in [6.45, 7) is 4.65. The number of hydrogen-bond donors (Lipinski definition) is 1. The van der Waals surface area contributed by atoms with Crippen LogP contribution >= 0.6 is 0 Å². The van der Waals surface area contributed by atoms with Gasteiger partial charge in [0, 0.05) is 56.1 Å². The average molecular weight is 437 g/mol. The number of carbonyl (C=O) groups excluding carboxylic acids is 3. The van der Waals surface area contributed by atoms with Crippen molar-refractivity contribution in [3.05, 3.63) is 54.1 Å². The van der Waals surface area contributed by atoms with Crippen LogP contribution in [0.4, 0.5) is 16.2 Å². The number of urea groups is 1. The highest BCUT2D eigenvalue weighted by Crippen LogP contribution is 2.24. The van der Waals surface area contributed by atoms with Gasteiger partial charge in [0.2, 0.25) is 5.91 Å². The number of amides is 3. The van der Waals surface area contributed by atoms with Gasteiger partial charge in [0.1, 0.15) is 5.75 Å². The number of Topliss-reactive ketones (excluding diaryl/α,β-unsaturated/α-hetero) is 1. The molecule has 0 bridgehead atoms. The standard InChI is InChI=1S/C24H28N4O4/c1-17(29)18-3-5-20(6-4-18)26-11-13-27(14-12-26)24(31)25-19-15-23(30)28(16-19)21-7-9-22(32-2)10-8-21/h3-10,19H,11-16H2,1-2H3,(H,25,31)/t19-/m1/s1. The SMILES string of the molecule is COc1ccc(N2C[C@H](NC(=O)N3CCN(c4ccc(C(C)=O)cc4)CC3)CC2=O)cc1. The summed E-state index contributed by atoms with van der Waals surface area (Å²) < 4.78 is 5.17. The molecule has 168 valence electrons. The Bertz CT molecular complexity index is 982. The number of rotatable bonds is 5. The summed E-state index contributed by atoms with van der Waals surface area (Å²) in [6, 6.07) is 14.6. The predicted molar refractivity (Wildman–Crippen MR) is 123 cm³/mol. The molecule has 1 atom stereocenters. The van der Waals surface area contributed by atoms with Gasteiger partial charge in [-0.25, -0.2) is 4.79 Å². The highest BCUT2D eigenvalue weighted by molar-refractivity contribution is 5.97. The number of nitrogens with one attached hydrogen (secondary N) is 1. The molecule has 8 heteroatoms. The van der Waals surface area contributed by atoms with Crippen LogP contribution in [0.3, 0.4) is 0 Å². The van der Waals surface area contributed by atoms with E-state index < -0.39 is 0 Å². The Morgan fingerprint density at radius 1 is 0.938 bits per heavy atom. The second-order valence-electron chi connectivity index (χ2n) is 8.13. The van der Waals surface area contributed by atoms with Gasteiger partial charge in [0.25, 0.3) is 0 Å². The third kappa shape index (κ3) is 4.69. The highest BCUT2D eigenvalue weighted by atomic mass is 16.5. The van der Waals surface area contributed by atoms with Crippen molar-refractivity contribution in [3.8, 4) is 5.75 Å². The molecule has 0 aromatic heterocycles. The Balaban J connectivity index is 1.28. The second kappa shape index (κ2) is 9.30. The molecule has 2 aromatic carbocycles. The molecule has 0 spiro atoms. The summed E-state index contributed by atoms with van der Waals surface area (Å²) in [5.74, 6) is 0.785. The topological polar surface area (TPSA) is 82.2 Å². The van der Waals surface area contributed by atoms with Crippen molar-refractivity contribution in [2.45, 2.75) is 19.4 Å². The van der Waals surface area contributed by atoms with E-state index in [1.807, 2.05) is 48.5 Å². The fourth-order valence-corrected chi connectivity index (χ4v) is 4.16. The monoisotopic (exact) mass is 436 g/mol. The van der Waals surface area contributed by atoms with Gasteiger partial charge in [-0.05, 0) is 55.5 Å². The van der Waals surface area contributed by atoms with E-state index in [2.05, 4.69) is 10.2 Å². The Morgan fingerprint density at radius 2 is 1.56 bits per heavy atom. The van der Waals surface area contributed by atoms with Crippen LogP contribution in [-0.2, 0) is 4.79 Å². The van der Waals surface area contributed by atoms with Gasteiger partial charge >= 0.3 is 6.03 Å². The largest absolute Gasteiger partial charge is 0.497 e. The lowest BCUT2D eigenvalue weighted by Gasteiger charge is -2.36. The van der Waals surface area contributed by atoms with Gasteiger partial charge < -0.3 is 24.8 Å². The molecule has 2 aromatic rings. The third-order valence-electron chi connectivity index (χ3n) is 6.04. The quantitative estimate of drug-likeness (QED) is 0.729. The molecular formula is C24H28N4O4. The molecule has 2 aliphatic heterocycles. The minimum Gasteiger partial charge on any atom is -0.497 e. The Morgan fingerprint density at radius 3 is 2.16 bits per heavy atom. The van der Waals surface area contributed by atoms with Crippen LogP contribution in [-0.4, -0.2) is 68.5 Å². The lowest BCUT2D eigenvalue weighted by atomic mass is 10.1. The molecule has 0 unspecified atom stereocenters. The minimum absolute atomic E-state index is 0.000654. The molecule has 0 saturated carbocycles. The van der Waals surface area contributed by atoms with E-state index in [9.17, 15) is 14.4 Å². The van der Waals surface area contributed by atoms with E-state index in [1.54, 1.807) is 23.8 Å². The zero-order valence-electron chi connectivity index (χ0n) is 18.4. The first kappa shape index (κ1) is 21.7. The van der Waals surface area contributed by atoms with Gasteiger partial charge in [0.15, 0.2) is 5.78 Å². The van der Waals surface area contributed by atoms with E-state index >= 15 is 0 Å². The molecule has 8 nitrogen and oxygen atoms in total. The number of ether oxygens (including phenoxy) is 1. The Labute approximate surface area is 187 Å². The molecule has 3 amide bonds. The van der Waals surface area contributed by atoms with Crippen LogP contribution in [0, 0.1) is 0 Å². The van der Waals surface area contributed by atoms with E-state index in [0.29, 0.717) is 44.7 Å². The normalized spacial score (nSPS) is 18.6. The summed E-state index contributed by atoms with van der Waals surface area (Å²) in [4.78, 5) is 42.4. The van der Waals surface area contributed by atoms with Gasteiger partial charge in [0.05, 0.1) is 13.2 Å². The van der Waals surface area contributed by atoms with Crippen molar-refractivity contribution in [3.63, 3.8) is 0 Å². The molecule has 2 saturated heterocycles. The van der Waals surface area contributed by atoms with Crippen LogP contribution < -0.4 is 19.9 Å². The number of ketones is 1. The second-order valence-corrected chi connectivity index (χ2v) is 8.13. The summed E-state index contributed by atoms with van der Waals surface area (Å²) in [5, 5.41) is 3.02. The van der Waals surface area contributed by atoms with Crippen molar-refractivity contribution >= 4 is 29.1 Å². The maximum atomic E-state index is 12.8. The molecule has 2 fully saturated rings. The average Bonchev–Trinajstić information content (AvgIpc) is 3.19. The number of benzene rings is 2. The number of carbonyl (C=O) groups is 3. The molecule has 0 radical (unpaired) electrons. The maximum Gasteiger partial charge on any atom is 0.317 e. The predicted octanol–water partition coefficient (Wildman–Crippen LogP) is 2.53. The lowest BCUT2D eigenvalue weighted by Crippen LogP contribution is -2.53. The van der Waals surface area contributed by atoms with Crippen molar-refractivity contribution in [1.82, 2.24) is 10.2 Å². The van der Waals surface area contributed by atoms with Gasteiger partial charge in [-0.2, -0.15) is 0 Å². The molecule has 1 N–H and O–H groups in total. The number of hydrogen-bond acceptors (Lipinski definition) is 5. The van der Waals surface area contributed by atoms with Crippen molar-refractivity contribution in [2.75, 3.05) is 49.6 Å². The van der Waals surface area contributed by atoms with Crippen molar-refractivity contribution < 1.29 is 19.1 Å². The van der Waals surface area contributed by atoms with Crippen LogP contribution in [0.25, 0.3) is 0 Å². The van der Waals surface area contributed by atoms with E-state index in [1.165, 1.54) is 0 Å². The summed E-state index contributed by atoms with van der Waals surface area (Å²) in [7, 11) is 1.60. The Kier molecular flexibility index (Phi) is 6.30. The summed E-state index contributed by atoms with van der Waals surface area (Å²) in [6.07, 6.45) is 0.292. The fourth-order valence-electron chi connectivity index (χ4n) is 4.16. The molecule has 2 aliphatic rings. The van der Waals surface area contributed by atoms with E-state index in [0.717, 1.165) is 17.1 Å². The molecule has 4 rings (SSSR count).